The molecule has 0 atom stereocenters. The largest absolute Gasteiger partial charge is 0.424 e. The van der Waals surface area contributed by atoms with Crippen LogP contribution in [0.15, 0.2) is 16.5 Å². The molecule has 0 bridgehead atoms. The van der Waals surface area contributed by atoms with Crippen molar-refractivity contribution >= 4 is 22.9 Å². The minimum atomic E-state index is 0.721. The topological polar surface area (TPSA) is 45.4 Å². The maximum atomic E-state index is 5.97. The highest BCUT2D eigenvalue weighted by molar-refractivity contribution is 7.16. The fourth-order valence-electron chi connectivity index (χ4n) is 2.45. The summed E-state index contributed by atoms with van der Waals surface area (Å²) in [5.74, 6) is 1.45. The summed E-state index contributed by atoms with van der Waals surface area (Å²) in [6.45, 7) is 7.95. The Hall–Kier alpha value is -0.950. The van der Waals surface area contributed by atoms with E-state index in [-0.39, 0.29) is 0 Å². The number of halogens is 1. The van der Waals surface area contributed by atoms with Crippen LogP contribution in [-0.4, -0.2) is 46.2 Å². The minimum Gasteiger partial charge on any atom is -0.424 e. The van der Waals surface area contributed by atoms with Crippen molar-refractivity contribution in [3.8, 4) is 0 Å². The number of aromatic nitrogens is 2. The molecule has 3 rings (SSSR count). The lowest BCUT2D eigenvalue weighted by atomic mass is 10.3. The molecule has 2 aromatic rings. The fraction of sp³-hybridized carbons (Fsp3) is 0.571. The monoisotopic (exact) mass is 326 g/mol. The normalized spacial score (nSPS) is 17.4. The third-order valence-electron chi connectivity index (χ3n) is 3.64. The van der Waals surface area contributed by atoms with Gasteiger partial charge in [-0.15, -0.1) is 21.5 Å². The summed E-state index contributed by atoms with van der Waals surface area (Å²) in [6, 6.07) is 4.09. The van der Waals surface area contributed by atoms with Crippen LogP contribution < -0.4 is 0 Å². The molecule has 114 valence electrons. The Morgan fingerprint density at radius 2 is 1.76 bits per heavy atom. The lowest BCUT2D eigenvalue weighted by molar-refractivity contribution is 0.115. The molecule has 2 aromatic heterocycles. The van der Waals surface area contributed by atoms with Crippen LogP contribution in [0.4, 0.5) is 0 Å². The van der Waals surface area contributed by atoms with Crippen molar-refractivity contribution in [1.29, 1.82) is 0 Å². The van der Waals surface area contributed by atoms with Gasteiger partial charge >= 0.3 is 0 Å². The summed E-state index contributed by atoms with van der Waals surface area (Å²) in [4.78, 5) is 6.16. The highest BCUT2D eigenvalue weighted by Crippen LogP contribution is 2.23. The maximum absolute atomic E-state index is 5.97. The molecule has 1 aliphatic rings. The first-order chi connectivity index (χ1) is 10.2. The number of rotatable bonds is 5. The molecule has 3 heterocycles. The Labute approximate surface area is 133 Å². The Balaban J connectivity index is 1.46. The van der Waals surface area contributed by atoms with Crippen LogP contribution in [0.25, 0.3) is 0 Å². The van der Waals surface area contributed by atoms with E-state index in [2.05, 4.69) is 26.1 Å². The van der Waals surface area contributed by atoms with Gasteiger partial charge in [-0.25, -0.2) is 0 Å². The summed E-state index contributed by atoms with van der Waals surface area (Å²) in [5.41, 5.74) is 0. The zero-order valence-corrected chi connectivity index (χ0v) is 13.7. The number of nitrogens with zero attached hydrogens (tertiary/aromatic N) is 4. The van der Waals surface area contributed by atoms with Gasteiger partial charge in [0.15, 0.2) is 0 Å². The van der Waals surface area contributed by atoms with E-state index in [0.717, 1.165) is 61.8 Å². The molecule has 0 aromatic carbocycles. The first-order valence-corrected chi connectivity index (χ1v) is 8.42. The van der Waals surface area contributed by atoms with Gasteiger partial charge in [-0.3, -0.25) is 9.80 Å². The van der Waals surface area contributed by atoms with Gasteiger partial charge in [0, 0.05) is 44.0 Å². The second-order valence-electron chi connectivity index (χ2n) is 5.20. The molecule has 0 saturated carbocycles. The zero-order valence-electron chi connectivity index (χ0n) is 12.1. The van der Waals surface area contributed by atoms with Crippen molar-refractivity contribution in [2.75, 3.05) is 26.2 Å². The van der Waals surface area contributed by atoms with Crippen LogP contribution >= 0.6 is 22.9 Å². The molecule has 5 nitrogen and oxygen atoms in total. The molecule has 0 N–H and O–H groups in total. The molecule has 1 fully saturated rings. The van der Waals surface area contributed by atoms with Crippen LogP contribution in [0, 0.1) is 0 Å². The summed E-state index contributed by atoms with van der Waals surface area (Å²) in [5, 5.41) is 8.09. The Morgan fingerprint density at radius 1 is 1.10 bits per heavy atom. The molecule has 0 aliphatic carbocycles. The second kappa shape index (κ2) is 6.87. The van der Waals surface area contributed by atoms with E-state index in [4.69, 9.17) is 16.0 Å². The van der Waals surface area contributed by atoms with Crippen molar-refractivity contribution in [2.24, 2.45) is 0 Å². The molecule has 0 amide bonds. The predicted octanol–water partition coefficient (Wildman–Crippen LogP) is 2.66. The molecule has 1 saturated heterocycles. The molecule has 1 aliphatic heterocycles. The molecule has 21 heavy (non-hydrogen) atoms. The Kier molecular flexibility index (Phi) is 4.90. The summed E-state index contributed by atoms with van der Waals surface area (Å²) >= 11 is 7.64. The van der Waals surface area contributed by atoms with E-state index < -0.39 is 0 Å². The average Bonchev–Trinajstić information content (AvgIpc) is 3.10. The summed E-state index contributed by atoms with van der Waals surface area (Å²) < 4.78 is 6.44. The Morgan fingerprint density at radius 3 is 2.33 bits per heavy atom. The van der Waals surface area contributed by atoms with E-state index in [9.17, 15) is 0 Å². The fourth-order valence-corrected chi connectivity index (χ4v) is 3.58. The first-order valence-electron chi connectivity index (χ1n) is 7.23. The molecule has 0 unspecified atom stereocenters. The van der Waals surface area contributed by atoms with Crippen molar-refractivity contribution in [3.05, 3.63) is 33.1 Å². The zero-order chi connectivity index (χ0) is 14.7. The van der Waals surface area contributed by atoms with Gasteiger partial charge in [0.1, 0.15) is 0 Å². The van der Waals surface area contributed by atoms with Crippen LogP contribution in [-0.2, 0) is 19.5 Å². The average molecular weight is 327 g/mol. The van der Waals surface area contributed by atoms with Gasteiger partial charge in [0.25, 0.3) is 0 Å². The summed E-state index contributed by atoms with van der Waals surface area (Å²) in [6.07, 6.45) is 0.796. The first kappa shape index (κ1) is 15.0. The van der Waals surface area contributed by atoms with Gasteiger partial charge in [0.2, 0.25) is 11.8 Å². The molecular weight excluding hydrogens is 308 g/mol. The maximum Gasteiger partial charge on any atom is 0.230 e. The van der Waals surface area contributed by atoms with Crippen molar-refractivity contribution < 1.29 is 4.42 Å². The number of hydrogen-bond donors (Lipinski definition) is 0. The number of piperazine rings is 1. The highest BCUT2D eigenvalue weighted by Gasteiger charge is 2.19. The van der Waals surface area contributed by atoms with E-state index in [1.54, 1.807) is 11.3 Å². The molecule has 0 radical (unpaired) electrons. The Bertz CT molecular complexity index is 577. The van der Waals surface area contributed by atoms with Crippen LogP contribution in [0.3, 0.4) is 0 Å². The van der Waals surface area contributed by atoms with Gasteiger partial charge in [-0.1, -0.05) is 18.5 Å². The predicted molar refractivity (Wildman–Crippen MR) is 83.6 cm³/mol. The van der Waals surface area contributed by atoms with E-state index in [1.807, 2.05) is 13.0 Å². The molecular formula is C14H19ClN4OS. The van der Waals surface area contributed by atoms with Crippen LogP contribution in [0.1, 0.15) is 23.6 Å². The van der Waals surface area contributed by atoms with E-state index in [0.29, 0.717) is 0 Å². The quantitative estimate of drug-likeness (QED) is 0.845. The second-order valence-corrected chi connectivity index (χ2v) is 7.00. The van der Waals surface area contributed by atoms with Gasteiger partial charge in [-0.05, 0) is 12.1 Å². The van der Waals surface area contributed by atoms with E-state index >= 15 is 0 Å². The van der Waals surface area contributed by atoms with Gasteiger partial charge in [-0.2, -0.15) is 0 Å². The molecule has 7 heteroatoms. The van der Waals surface area contributed by atoms with Crippen LogP contribution in [0.5, 0.6) is 0 Å². The number of thiophene rings is 1. The third kappa shape index (κ3) is 4.03. The van der Waals surface area contributed by atoms with Crippen LogP contribution in [0.2, 0.25) is 4.34 Å². The van der Waals surface area contributed by atoms with Crippen molar-refractivity contribution in [3.63, 3.8) is 0 Å². The van der Waals surface area contributed by atoms with Gasteiger partial charge < -0.3 is 4.42 Å². The lowest BCUT2D eigenvalue weighted by Crippen LogP contribution is -2.45. The van der Waals surface area contributed by atoms with Crippen molar-refractivity contribution in [2.45, 2.75) is 26.4 Å². The minimum absolute atomic E-state index is 0.721. The molecule has 0 spiro atoms. The highest BCUT2D eigenvalue weighted by atomic mass is 35.5. The standard InChI is InChI=1S/C14H19ClN4OS/c1-2-13-16-17-14(20-13)10-19-7-5-18(6-8-19)9-11-3-4-12(15)21-11/h3-4H,2,5-10H2,1H3. The number of hydrogen-bond acceptors (Lipinski definition) is 6. The van der Waals surface area contributed by atoms with E-state index in [1.165, 1.54) is 4.88 Å². The SMILES string of the molecule is CCc1nnc(CN2CCN(Cc3ccc(Cl)s3)CC2)o1. The smallest absolute Gasteiger partial charge is 0.230 e. The lowest BCUT2D eigenvalue weighted by Gasteiger charge is -2.33. The third-order valence-corrected chi connectivity index (χ3v) is 4.86. The van der Waals surface area contributed by atoms with Crippen molar-refractivity contribution in [1.82, 2.24) is 20.0 Å². The summed E-state index contributed by atoms with van der Waals surface area (Å²) in [7, 11) is 0. The van der Waals surface area contributed by atoms with Gasteiger partial charge in [0.05, 0.1) is 10.9 Å². The number of aryl methyl sites for hydroxylation is 1.